The minimum atomic E-state index is 0.00356. The van der Waals surface area contributed by atoms with E-state index in [0.29, 0.717) is 0 Å². The van der Waals surface area contributed by atoms with Crippen LogP contribution >= 0.6 is 0 Å². The maximum Gasteiger partial charge on any atom is 0.0798 e. The molecular weight excluding hydrogens is 250 g/mol. The lowest BCUT2D eigenvalue weighted by atomic mass is 9.71. The standard InChI is InChI=1S/C17H35NO2/c1-5-6-7-8-9-10-13-20-14-11-12-17(2,3)16(19-4)15(14)18/h14-16H,5-13,18H2,1-4H3/t14-,15-,16+/m1/s1. The van der Waals surface area contributed by atoms with Crippen LogP contribution in [0.5, 0.6) is 0 Å². The Morgan fingerprint density at radius 1 is 1.10 bits per heavy atom. The number of hydrogen-bond donors (Lipinski definition) is 1. The molecule has 0 aromatic heterocycles. The Labute approximate surface area is 125 Å². The smallest absolute Gasteiger partial charge is 0.0798 e. The molecule has 0 aromatic carbocycles. The van der Waals surface area contributed by atoms with Gasteiger partial charge in [0, 0.05) is 13.7 Å². The van der Waals surface area contributed by atoms with Gasteiger partial charge < -0.3 is 15.2 Å². The van der Waals surface area contributed by atoms with Crippen LogP contribution in [0.3, 0.4) is 0 Å². The van der Waals surface area contributed by atoms with Gasteiger partial charge in [-0.3, -0.25) is 0 Å². The Morgan fingerprint density at radius 3 is 2.40 bits per heavy atom. The lowest BCUT2D eigenvalue weighted by Gasteiger charge is -2.45. The second-order valence-electron chi connectivity index (χ2n) is 6.94. The Kier molecular flexibility index (Phi) is 8.08. The molecule has 1 rings (SSSR count). The summed E-state index contributed by atoms with van der Waals surface area (Å²) in [7, 11) is 1.77. The molecular formula is C17H35NO2. The molecule has 0 aromatic rings. The van der Waals surface area contributed by atoms with Gasteiger partial charge >= 0.3 is 0 Å². The average Bonchev–Trinajstić information content (AvgIpc) is 2.40. The third-order valence-electron chi connectivity index (χ3n) is 4.71. The molecule has 1 aliphatic rings. The zero-order valence-corrected chi connectivity index (χ0v) is 14.0. The minimum absolute atomic E-state index is 0.00356. The van der Waals surface area contributed by atoms with Crippen molar-refractivity contribution in [1.82, 2.24) is 0 Å². The number of unbranched alkanes of at least 4 members (excludes halogenated alkanes) is 5. The highest BCUT2D eigenvalue weighted by atomic mass is 16.5. The number of hydrogen-bond acceptors (Lipinski definition) is 3. The maximum atomic E-state index is 6.34. The molecule has 3 atom stereocenters. The van der Waals surface area contributed by atoms with Crippen molar-refractivity contribution in [3.05, 3.63) is 0 Å². The third kappa shape index (κ3) is 5.34. The molecule has 1 saturated carbocycles. The molecule has 0 unspecified atom stereocenters. The Bertz CT molecular complexity index is 255. The largest absolute Gasteiger partial charge is 0.379 e. The summed E-state index contributed by atoms with van der Waals surface area (Å²) in [5, 5.41) is 0. The van der Waals surface area contributed by atoms with Crippen LogP contribution in [0.2, 0.25) is 0 Å². The van der Waals surface area contributed by atoms with E-state index in [-0.39, 0.29) is 23.7 Å². The van der Waals surface area contributed by atoms with Gasteiger partial charge in [0.1, 0.15) is 0 Å². The summed E-state index contributed by atoms with van der Waals surface area (Å²) in [6.07, 6.45) is 10.3. The van der Waals surface area contributed by atoms with E-state index in [1.54, 1.807) is 7.11 Å². The molecule has 0 amide bonds. The molecule has 3 nitrogen and oxygen atoms in total. The molecule has 1 fully saturated rings. The first kappa shape index (κ1) is 17.9. The maximum absolute atomic E-state index is 6.34. The lowest BCUT2D eigenvalue weighted by molar-refractivity contribution is -0.101. The summed E-state index contributed by atoms with van der Waals surface area (Å²) in [5.74, 6) is 0. The molecule has 2 N–H and O–H groups in total. The van der Waals surface area contributed by atoms with Crippen LogP contribution in [0.4, 0.5) is 0 Å². The van der Waals surface area contributed by atoms with Crippen molar-refractivity contribution in [1.29, 1.82) is 0 Å². The molecule has 0 bridgehead atoms. The number of rotatable bonds is 9. The van der Waals surface area contributed by atoms with E-state index in [0.717, 1.165) is 25.9 Å². The molecule has 1 aliphatic carbocycles. The topological polar surface area (TPSA) is 44.5 Å². The van der Waals surface area contributed by atoms with E-state index in [1.165, 1.54) is 32.1 Å². The molecule has 20 heavy (non-hydrogen) atoms. The van der Waals surface area contributed by atoms with Gasteiger partial charge in [0.25, 0.3) is 0 Å². The van der Waals surface area contributed by atoms with Gasteiger partial charge in [0.05, 0.1) is 18.2 Å². The lowest BCUT2D eigenvalue weighted by Crippen LogP contribution is -2.57. The highest BCUT2D eigenvalue weighted by Gasteiger charge is 2.42. The van der Waals surface area contributed by atoms with E-state index >= 15 is 0 Å². The second-order valence-corrected chi connectivity index (χ2v) is 6.94. The summed E-state index contributed by atoms with van der Waals surface area (Å²) in [6.45, 7) is 7.58. The monoisotopic (exact) mass is 285 g/mol. The Morgan fingerprint density at radius 2 is 1.75 bits per heavy atom. The molecule has 120 valence electrons. The van der Waals surface area contributed by atoms with Gasteiger partial charge in [-0.25, -0.2) is 0 Å². The number of ether oxygens (including phenoxy) is 2. The first-order valence-corrected chi connectivity index (χ1v) is 8.43. The van der Waals surface area contributed by atoms with Gasteiger partial charge in [-0.15, -0.1) is 0 Å². The molecule has 0 spiro atoms. The predicted octanol–water partition coefficient (Wildman–Crippen LogP) is 3.89. The minimum Gasteiger partial charge on any atom is -0.379 e. The fraction of sp³-hybridized carbons (Fsp3) is 1.00. The van der Waals surface area contributed by atoms with E-state index < -0.39 is 0 Å². The van der Waals surface area contributed by atoms with Crippen molar-refractivity contribution in [2.75, 3.05) is 13.7 Å². The summed E-state index contributed by atoms with van der Waals surface area (Å²) < 4.78 is 11.6. The second kappa shape index (κ2) is 9.01. The highest BCUT2D eigenvalue weighted by Crippen LogP contribution is 2.37. The summed E-state index contributed by atoms with van der Waals surface area (Å²) in [6, 6.07) is 0.00356. The number of methoxy groups -OCH3 is 1. The van der Waals surface area contributed by atoms with Crippen molar-refractivity contribution in [2.45, 2.75) is 90.4 Å². The van der Waals surface area contributed by atoms with Gasteiger partial charge in [-0.2, -0.15) is 0 Å². The molecule has 0 saturated heterocycles. The third-order valence-corrected chi connectivity index (χ3v) is 4.71. The van der Waals surface area contributed by atoms with Crippen LogP contribution in [0.25, 0.3) is 0 Å². The zero-order chi connectivity index (χ0) is 15.0. The van der Waals surface area contributed by atoms with Crippen LogP contribution in [0, 0.1) is 5.41 Å². The van der Waals surface area contributed by atoms with Gasteiger partial charge in [0.15, 0.2) is 0 Å². The summed E-state index contributed by atoms with van der Waals surface area (Å²) in [5.41, 5.74) is 6.50. The van der Waals surface area contributed by atoms with Crippen molar-refractivity contribution in [2.24, 2.45) is 11.1 Å². The molecule has 3 heteroatoms. The van der Waals surface area contributed by atoms with Crippen molar-refractivity contribution in [3.8, 4) is 0 Å². The fourth-order valence-electron chi connectivity index (χ4n) is 3.35. The first-order valence-electron chi connectivity index (χ1n) is 8.43. The Balaban J connectivity index is 2.21. The van der Waals surface area contributed by atoms with E-state index in [4.69, 9.17) is 15.2 Å². The fourth-order valence-corrected chi connectivity index (χ4v) is 3.35. The molecule has 0 aliphatic heterocycles. The molecule has 0 radical (unpaired) electrons. The van der Waals surface area contributed by atoms with Crippen molar-refractivity contribution >= 4 is 0 Å². The van der Waals surface area contributed by atoms with Gasteiger partial charge in [-0.1, -0.05) is 52.9 Å². The van der Waals surface area contributed by atoms with E-state index in [2.05, 4.69) is 20.8 Å². The summed E-state index contributed by atoms with van der Waals surface area (Å²) >= 11 is 0. The normalized spacial score (nSPS) is 29.6. The average molecular weight is 285 g/mol. The van der Waals surface area contributed by atoms with Gasteiger partial charge in [0.2, 0.25) is 0 Å². The Hall–Kier alpha value is -0.120. The highest BCUT2D eigenvalue weighted by molar-refractivity contribution is 4.96. The van der Waals surface area contributed by atoms with E-state index in [9.17, 15) is 0 Å². The quantitative estimate of drug-likeness (QED) is 0.654. The van der Waals surface area contributed by atoms with Crippen LogP contribution < -0.4 is 5.73 Å². The number of nitrogens with two attached hydrogens (primary N) is 1. The van der Waals surface area contributed by atoms with Gasteiger partial charge in [-0.05, 0) is 24.7 Å². The van der Waals surface area contributed by atoms with Crippen LogP contribution in [-0.4, -0.2) is 32.0 Å². The van der Waals surface area contributed by atoms with Crippen molar-refractivity contribution < 1.29 is 9.47 Å². The first-order chi connectivity index (χ1) is 9.53. The van der Waals surface area contributed by atoms with Crippen LogP contribution in [0.15, 0.2) is 0 Å². The van der Waals surface area contributed by atoms with E-state index in [1.807, 2.05) is 0 Å². The van der Waals surface area contributed by atoms with Crippen molar-refractivity contribution in [3.63, 3.8) is 0 Å². The summed E-state index contributed by atoms with van der Waals surface area (Å²) in [4.78, 5) is 0. The van der Waals surface area contributed by atoms with Crippen LogP contribution in [-0.2, 0) is 9.47 Å². The van der Waals surface area contributed by atoms with Crippen LogP contribution in [0.1, 0.15) is 72.1 Å². The SMILES string of the molecule is CCCCCCCCO[C@@H]1CCC(C)(C)[C@@H](OC)[C@@H]1N. The predicted molar refractivity (Wildman–Crippen MR) is 84.9 cm³/mol. The zero-order valence-electron chi connectivity index (χ0n) is 14.0. The molecule has 0 heterocycles.